The fraction of sp³-hybridized carbons (Fsp3) is 0.0909. The molecule has 0 bridgehead atoms. The van der Waals surface area contributed by atoms with Crippen LogP contribution < -0.4 is 0 Å². The van der Waals surface area contributed by atoms with Crippen LogP contribution in [0.4, 0.5) is 11.4 Å². The summed E-state index contributed by atoms with van der Waals surface area (Å²) in [4.78, 5) is 21.3. The summed E-state index contributed by atoms with van der Waals surface area (Å²) in [6.45, 7) is 1.73. The Morgan fingerprint density at radius 2 is 1.67 bits per heavy atom. The predicted octanol–water partition coefficient (Wildman–Crippen LogP) is 3.94. The monoisotopic (exact) mass is 200 g/mol. The average molecular weight is 200 g/mol. The number of nitrogens with zero attached hydrogens (tertiary/aromatic N) is 2. The van der Waals surface area contributed by atoms with Crippen LogP contribution >= 0.6 is 0 Å². The van der Waals surface area contributed by atoms with Crippen molar-refractivity contribution in [3.05, 3.63) is 45.7 Å². The molecule has 0 heterocycles. The van der Waals surface area contributed by atoms with E-state index in [2.05, 4.69) is 10.4 Å². The molecule has 0 aliphatic heterocycles. The molecule has 15 heavy (non-hydrogen) atoms. The largest absolute Gasteiger partial charge is 0.145 e. The molecule has 0 aliphatic carbocycles. The highest BCUT2D eigenvalue weighted by atomic mass is 16.3. The predicted molar refractivity (Wildman–Crippen MR) is 59.6 cm³/mol. The Bertz CT molecular complexity index is 550. The first-order chi connectivity index (χ1) is 7.27. The van der Waals surface area contributed by atoms with Crippen LogP contribution in [0.1, 0.15) is 5.56 Å². The maximum absolute atomic E-state index is 10.7. The van der Waals surface area contributed by atoms with Gasteiger partial charge in [0.25, 0.3) is 0 Å². The van der Waals surface area contributed by atoms with Crippen LogP contribution in [0.2, 0.25) is 0 Å². The summed E-state index contributed by atoms with van der Waals surface area (Å²) < 4.78 is 0. The lowest BCUT2D eigenvalue weighted by molar-refractivity contribution is 1.39. The second-order valence-corrected chi connectivity index (χ2v) is 3.29. The minimum Gasteiger partial charge on any atom is -0.145 e. The van der Waals surface area contributed by atoms with Gasteiger partial charge in [-0.15, -0.1) is 9.81 Å². The van der Waals surface area contributed by atoms with Gasteiger partial charge in [0.1, 0.15) is 11.4 Å². The van der Waals surface area contributed by atoms with Crippen molar-refractivity contribution < 1.29 is 0 Å². The summed E-state index contributed by atoms with van der Waals surface area (Å²) >= 11 is 0. The Kier molecular flexibility index (Phi) is 2.25. The first-order valence-electron chi connectivity index (χ1n) is 4.47. The first-order valence-corrected chi connectivity index (χ1v) is 4.47. The molecule has 0 atom stereocenters. The number of aryl methyl sites for hydroxylation is 1. The van der Waals surface area contributed by atoms with Crippen molar-refractivity contribution in [1.29, 1.82) is 0 Å². The van der Waals surface area contributed by atoms with Crippen LogP contribution in [0, 0.1) is 16.7 Å². The van der Waals surface area contributed by atoms with E-state index in [0.29, 0.717) is 27.7 Å². The molecule has 0 aromatic heterocycles. The van der Waals surface area contributed by atoms with Gasteiger partial charge in [0.05, 0.1) is 0 Å². The number of rotatable bonds is 2. The summed E-state index contributed by atoms with van der Waals surface area (Å²) in [7, 11) is 0. The minimum absolute atomic E-state index is 0.343. The third-order valence-electron chi connectivity index (χ3n) is 2.37. The average Bonchev–Trinajstić information content (AvgIpc) is 2.28. The van der Waals surface area contributed by atoms with Crippen molar-refractivity contribution >= 4 is 22.1 Å². The Morgan fingerprint density at radius 1 is 1.00 bits per heavy atom. The number of nitroso groups, excluding NO2 is 2. The molecule has 0 fully saturated rings. The van der Waals surface area contributed by atoms with Crippen molar-refractivity contribution in [2.45, 2.75) is 6.92 Å². The molecule has 0 saturated heterocycles. The SMILES string of the molecule is Cc1cc(N=O)c2ccccc2c1N=O. The molecule has 4 nitrogen and oxygen atoms in total. The van der Waals surface area contributed by atoms with Gasteiger partial charge in [-0.3, -0.25) is 0 Å². The van der Waals surface area contributed by atoms with Crippen LogP contribution in [0.3, 0.4) is 0 Å². The Morgan fingerprint density at radius 3 is 2.27 bits per heavy atom. The van der Waals surface area contributed by atoms with E-state index in [-0.39, 0.29) is 0 Å². The molecule has 74 valence electrons. The molecule has 0 amide bonds. The molecule has 2 aromatic rings. The Hall–Kier alpha value is -2.10. The summed E-state index contributed by atoms with van der Waals surface area (Å²) in [6.07, 6.45) is 0. The van der Waals surface area contributed by atoms with E-state index in [1.54, 1.807) is 37.3 Å². The van der Waals surface area contributed by atoms with Gasteiger partial charge < -0.3 is 0 Å². The highest BCUT2D eigenvalue weighted by Crippen LogP contribution is 2.36. The highest BCUT2D eigenvalue weighted by molar-refractivity contribution is 6.01. The topological polar surface area (TPSA) is 58.9 Å². The maximum Gasteiger partial charge on any atom is 0.118 e. The van der Waals surface area contributed by atoms with Crippen molar-refractivity contribution in [2.75, 3.05) is 0 Å². The lowest BCUT2D eigenvalue weighted by Crippen LogP contribution is -1.79. The van der Waals surface area contributed by atoms with Crippen molar-refractivity contribution in [1.82, 2.24) is 0 Å². The second kappa shape index (κ2) is 3.57. The van der Waals surface area contributed by atoms with E-state index in [1.807, 2.05) is 0 Å². The summed E-state index contributed by atoms with van der Waals surface area (Å²) in [5.41, 5.74) is 1.38. The smallest absolute Gasteiger partial charge is 0.118 e. The highest BCUT2D eigenvalue weighted by Gasteiger charge is 2.09. The number of benzene rings is 2. The number of hydrogen-bond donors (Lipinski definition) is 0. The van der Waals surface area contributed by atoms with Crippen LogP contribution in [0.15, 0.2) is 40.7 Å². The van der Waals surface area contributed by atoms with Gasteiger partial charge in [0.15, 0.2) is 0 Å². The van der Waals surface area contributed by atoms with Crippen LogP contribution in [0.25, 0.3) is 10.8 Å². The van der Waals surface area contributed by atoms with Gasteiger partial charge in [-0.25, -0.2) is 0 Å². The zero-order valence-electron chi connectivity index (χ0n) is 8.10. The van der Waals surface area contributed by atoms with Crippen LogP contribution in [-0.4, -0.2) is 0 Å². The molecule has 4 heteroatoms. The van der Waals surface area contributed by atoms with E-state index >= 15 is 0 Å². The Labute approximate surface area is 85.9 Å². The maximum atomic E-state index is 10.7. The van der Waals surface area contributed by atoms with Crippen molar-refractivity contribution in [3.63, 3.8) is 0 Å². The van der Waals surface area contributed by atoms with E-state index in [9.17, 15) is 9.81 Å². The first kappa shape index (κ1) is 9.45. The second-order valence-electron chi connectivity index (χ2n) is 3.29. The van der Waals surface area contributed by atoms with E-state index in [1.165, 1.54) is 0 Å². The molecular formula is C11H8N2O2. The number of hydrogen-bond acceptors (Lipinski definition) is 4. The third-order valence-corrected chi connectivity index (χ3v) is 2.37. The van der Waals surface area contributed by atoms with Crippen LogP contribution in [0.5, 0.6) is 0 Å². The number of fused-ring (bicyclic) bond motifs is 1. The molecule has 0 N–H and O–H groups in total. The van der Waals surface area contributed by atoms with Crippen LogP contribution in [-0.2, 0) is 0 Å². The minimum atomic E-state index is 0.343. The summed E-state index contributed by atoms with van der Waals surface area (Å²) in [5.74, 6) is 0. The van der Waals surface area contributed by atoms with Gasteiger partial charge in [-0.2, -0.15) is 0 Å². The molecule has 0 radical (unpaired) electrons. The molecule has 0 unspecified atom stereocenters. The lowest BCUT2D eigenvalue weighted by atomic mass is 10.0. The fourth-order valence-corrected chi connectivity index (χ4v) is 1.67. The van der Waals surface area contributed by atoms with Crippen molar-refractivity contribution in [3.8, 4) is 0 Å². The zero-order valence-corrected chi connectivity index (χ0v) is 8.10. The van der Waals surface area contributed by atoms with Gasteiger partial charge in [-0.1, -0.05) is 24.3 Å². The summed E-state index contributed by atoms with van der Waals surface area (Å²) in [6, 6.07) is 8.67. The molecule has 0 saturated carbocycles. The van der Waals surface area contributed by atoms with Crippen molar-refractivity contribution in [2.24, 2.45) is 10.4 Å². The van der Waals surface area contributed by atoms with E-state index < -0.39 is 0 Å². The molecule has 2 rings (SSSR count). The zero-order chi connectivity index (χ0) is 10.8. The quantitative estimate of drug-likeness (QED) is 0.689. The van der Waals surface area contributed by atoms with Gasteiger partial charge >= 0.3 is 0 Å². The van der Waals surface area contributed by atoms with Gasteiger partial charge in [-0.05, 0) is 28.9 Å². The standard InChI is InChI=1S/C11H8N2O2/c1-7-6-10(12-14)8-4-2-3-5-9(8)11(7)13-15/h2-6H,1H3. The molecule has 0 spiro atoms. The van der Waals surface area contributed by atoms with Gasteiger partial charge in [0.2, 0.25) is 0 Å². The van der Waals surface area contributed by atoms with E-state index in [4.69, 9.17) is 0 Å². The normalized spacial score (nSPS) is 10.2. The molecule has 2 aromatic carbocycles. The van der Waals surface area contributed by atoms with E-state index in [0.717, 1.165) is 0 Å². The summed E-state index contributed by atoms with van der Waals surface area (Å²) in [5, 5.41) is 7.25. The lowest BCUT2D eigenvalue weighted by Gasteiger charge is -2.04. The molecular weight excluding hydrogens is 192 g/mol. The molecule has 0 aliphatic rings. The Balaban J connectivity index is 2.98. The third kappa shape index (κ3) is 1.40. The van der Waals surface area contributed by atoms with Gasteiger partial charge in [0, 0.05) is 10.8 Å². The fourth-order valence-electron chi connectivity index (χ4n) is 1.67.